The number of rotatable bonds is 5. The Balaban J connectivity index is 2.50. The van der Waals surface area contributed by atoms with E-state index >= 15 is 0 Å². The smallest absolute Gasteiger partial charge is 0.330 e. The van der Waals surface area contributed by atoms with Gasteiger partial charge >= 0.3 is 5.69 Å². The van der Waals surface area contributed by atoms with Gasteiger partial charge in [0.2, 0.25) is 0 Å². The van der Waals surface area contributed by atoms with Crippen molar-refractivity contribution in [1.82, 2.24) is 9.55 Å². The van der Waals surface area contributed by atoms with Crippen LogP contribution in [0.2, 0.25) is 0 Å². The van der Waals surface area contributed by atoms with Crippen LogP contribution in [0.5, 0.6) is 0 Å². The molecular weight excluding hydrogens is 261 g/mol. The molecule has 0 amide bonds. The second kappa shape index (κ2) is 6.24. The SMILES string of the molecule is CCCC(CCC)n1c(=O)[nH]c2c(c1=O)C[C@H](F)CN2. The van der Waals surface area contributed by atoms with Gasteiger partial charge < -0.3 is 5.32 Å². The highest BCUT2D eigenvalue weighted by Gasteiger charge is 2.25. The van der Waals surface area contributed by atoms with Crippen LogP contribution in [0, 0.1) is 0 Å². The normalized spacial score (nSPS) is 17.9. The average molecular weight is 283 g/mol. The van der Waals surface area contributed by atoms with Gasteiger partial charge in [0, 0.05) is 19.0 Å². The first kappa shape index (κ1) is 14.8. The van der Waals surface area contributed by atoms with Crippen LogP contribution in [0.3, 0.4) is 0 Å². The lowest BCUT2D eigenvalue weighted by Gasteiger charge is -2.23. The molecule has 112 valence electrons. The molecule has 2 rings (SSSR count). The monoisotopic (exact) mass is 283 g/mol. The minimum atomic E-state index is -1.08. The Bertz CT molecular complexity index is 573. The third-order valence-corrected chi connectivity index (χ3v) is 3.76. The fourth-order valence-electron chi connectivity index (χ4n) is 2.83. The molecule has 0 saturated carbocycles. The first-order valence-corrected chi connectivity index (χ1v) is 7.34. The molecule has 0 radical (unpaired) electrons. The molecule has 0 bridgehead atoms. The lowest BCUT2D eigenvalue weighted by Crippen LogP contribution is -2.43. The van der Waals surface area contributed by atoms with Crippen LogP contribution in [0.15, 0.2) is 9.59 Å². The van der Waals surface area contributed by atoms with Crippen molar-refractivity contribution in [3.8, 4) is 0 Å². The number of hydrogen-bond acceptors (Lipinski definition) is 3. The van der Waals surface area contributed by atoms with E-state index in [1.54, 1.807) is 0 Å². The zero-order valence-corrected chi connectivity index (χ0v) is 12.0. The number of aromatic nitrogens is 2. The van der Waals surface area contributed by atoms with E-state index in [9.17, 15) is 14.0 Å². The number of anilines is 1. The van der Waals surface area contributed by atoms with Crippen LogP contribution in [0.1, 0.15) is 51.1 Å². The molecule has 0 fully saturated rings. The first-order chi connectivity index (χ1) is 9.58. The molecule has 0 saturated heterocycles. The van der Waals surface area contributed by atoms with Gasteiger partial charge in [-0.3, -0.25) is 14.3 Å². The van der Waals surface area contributed by atoms with Crippen LogP contribution in [-0.4, -0.2) is 22.3 Å². The van der Waals surface area contributed by atoms with Gasteiger partial charge in [-0.15, -0.1) is 0 Å². The third kappa shape index (κ3) is 2.78. The molecule has 1 aromatic heterocycles. The summed E-state index contributed by atoms with van der Waals surface area (Å²) in [5, 5.41) is 2.78. The summed E-state index contributed by atoms with van der Waals surface area (Å²) in [7, 11) is 0. The lowest BCUT2D eigenvalue weighted by molar-refractivity contribution is 0.334. The Labute approximate surface area is 117 Å². The number of hydrogen-bond donors (Lipinski definition) is 2. The quantitative estimate of drug-likeness (QED) is 0.868. The summed E-state index contributed by atoms with van der Waals surface area (Å²) >= 11 is 0. The maximum atomic E-state index is 13.5. The fourth-order valence-corrected chi connectivity index (χ4v) is 2.83. The number of H-pyrrole nitrogens is 1. The summed E-state index contributed by atoms with van der Waals surface area (Å²) in [6, 6.07) is -0.105. The van der Waals surface area contributed by atoms with Crippen molar-refractivity contribution < 1.29 is 4.39 Å². The highest BCUT2D eigenvalue weighted by atomic mass is 19.1. The van der Waals surface area contributed by atoms with E-state index in [-0.39, 0.29) is 24.6 Å². The van der Waals surface area contributed by atoms with Crippen molar-refractivity contribution in [2.75, 3.05) is 11.9 Å². The maximum absolute atomic E-state index is 13.5. The van der Waals surface area contributed by atoms with Gasteiger partial charge in [0.05, 0.1) is 5.56 Å². The van der Waals surface area contributed by atoms with Gasteiger partial charge in [0.25, 0.3) is 5.56 Å². The van der Waals surface area contributed by atoms with Crippen LogP contribution in [0.4, 0.5) is 10.2 Å². The van der Waals surface area contributed by atoms with Gasteiger partial charge in [0.15, 0.2) is 0 Å². The summed E-state index contributed by atoms with van der Waals surface area (Å²) in [5.74, 6) is 0.386. The summed E-state index contributed by atoms with van der Waals surface area (Å²) in [6.45, 7) is 4.19. The molecule has 1 aromatic rings. The number of nitrogens with zero attached hydrogens (tertiary/aromatic N) is 1. The van der Waals surface area contributed by atoms with Gasteiger partial charge in [-0.2, -0.15) is 0 Å². The Kier molecular flexibility index (Phi) is 4.62. The Morgan fingerprint density at radius 1 is 1.30 bits per heavy atom. The summed E-state index contributed by atoms with van der Waals surface area (Å²) in [6.07, 6.45) is 2.35. The number of nitrogens with one attached hydrogen (secondary N) is 2. The predicted octanol–water partition coefficient (Wildman–Crippen LogP) is 1.98. The Morgan fingerprint density at radius 2 is 1.95 bits per heavy atom. The van der Waals surface area contributed by atoms with Crippen LogP contribution in [0.25, 0.3) is 0 Å². The molecule has 20 heavy (non-hydrogen) atoms. The van der Waals surface area contributed by atoms with E-state index < -0.39 is 11.9 Å². The van der Waals surface area contributed by atoms with Gasteiger partial charge in [-0.25, -0.2) is 9.18 Å². The van der Waals surface area contributed by atoms with E-state index in [1.165, 1.54) is 4.57 Å². The largest absolute Gasteiger partial charge is 0.368 e. The van der Waals surface area contributed by atoms with Crippen molar-refractivity contribution in [2.45, 2.75) is 58.2 Å². The minimum Gasteiger partial charge on any atom is -0.368 e. The molecular formula is C14H22FN3O2. The van der Waals surface area contributed by atoms with Crippen molar-refractivity contribution in [3.05, 3.63) is 26.4 Å². The number of fused-ring (bicyclic) bond motifs is 1. The predicted molar refractivity (Wildman–Crippen MR) is 77.3 cm³/mol. The average Bonchev–Trinajstić information content (AvgIpc) is 2.40. The zero-order valence-electron chi connectivity index (χ0n) is 12.0. The number of aromatic amines is 1. The van der Waals surface area contributed by atoms with E-state index in [0.717, 1.165) is 25.7 Å². The van der Waals surface area contributed by atoms with Gasteiger partial charge in [-0.1, -0.05) is 26.7 Å². The van der Waals surface area contributed by atoms with Crippen molar-refractivity contribution in [3.63, 3.8) is 0 Å². The molecule has 0 spiro atoms. The Hall–Kier alpha value is -1.59. The van der Waals surface area contributed by atoms with Crippen molar-refractivity contribution in [1.29, 1.82) is 0 Å². The van der Waals surface area contributed by atoms with Crippen LogP contribution in [-0.2, 0) is 6.42 Å². The van der Waals surface area contributed by atoms with E-state index in [2.05, 4.69) is 10.3 Å². The number of halogens is 1. The zero-order chi connectivity index (χ0) is 14.7. The summed E-state index contributed by atoms with van der Waals surface area (Å²) in [4.78, 5) is 27.4. The molecule has 1 atom stereocenters. The fraction of sp³-hybridized carbons (Fsp3) is 0.714. The van der Waals surface area contributed by atoms with E-state index in [0.29, 0.717) is 11.4 Å². The van der Waals surface area contributed by atoms with Crippen molar-refractivity contribution >= 4 is 5.82 Å². The van der Waals surface area contributed by atoms with Crippen molar-refractivity contribution in [2.24, 2.45) is 0 Å². The standard InChI is InChI=1S/C14H22FN3O2/c1-3-5-10(6-4-2)18-13(19)11-7-9(15)8-16-12(11)17-14(18)20/h9-10,16H,3-8H2,1-2H3,(H,17,20)/t9-/m0/s1. The van der Waals surface area contributed by atoms with E-state index in [1.807, 2.05) is 13.8 Å². The summed E-state index contributed by atoms with van der Waals surface area (Å²) in [5.41, 5.74) is -0.378. The summed E-state index contributed by atoms with van der Waals surface area (Å²) < 4.78 is 14.8. The highest BCUT2D eigenvalue weighted by Crippen LogP contribution is 2.20. The first-order valence-electron chi connectivity index (χ1n) is 7.34. The molecule has 2 N–H and O–H groups in total. The molecule has 0 aromatic carbocycles. The Morgan fingerprint density at radius 3 is 2.55 bits per heavy atom. The molecule has 5 nitrogen and oxygen atoms in total. The molecule has 0 unspecified atom stereocenters. The lowest BCUT2D eigenvalue weighted by atomic mass is 10.0. The second-order valence-electron chi connectivity index (χ2n) is 5.37. The topological polar surface area (TPSA) is 66.9 Å². The van der Waals surface area contributed by atoms with Gasteiger partial charge in [0.1, 0.15) is 12.0 Å². The molecule has 1 aliphatic heterocycles. The van der Waals surface area contributed by atoms with Crippen LogP contribution < -0.4 is 16.6 Å². The van der Waals surface area contributed by atoms with E-state index in [4.69, 9.17) is 0 Å². The molecule has 2 heterocycles. The maximum Gasteiger partial charge on any atom is 0.330 e. The number of alkyl halides is 1. The third-order valence-electron chi connectivity index (χ3n) is 3.76. The molecule has 1 aliphatic rings. The van der Waals surface area contributed by atoms with Crippen LogP contribution >= 0.6 is 0 Å². The molecule has 6 heteroatoms. The second-order valence-corrected chi connectivity index (χ2v) is 5.37. The highest BCUT2D eigenvalue weighted by molar-refractivity contribution is 5.45. The van der Waals surface area contributed by atoms with Gasteiger partial charge in [-0.05, 0) is 12.8 Å². The molecule has 0 aliphatic carbocycles. The minimum absolute atomic E-state index is 0.0723.